The van der Waals surface area contributed by atoms with Gasteiger partial charge in [-0.05, 0) is 31.0 Å². The molecule has 0 bridgehead atoms. The average Bonchev–Trinajstić information content (AvgIpc) is 3.35. The van der Waals surface area contributed by atoms with Gasteiger partial charge in [-0.2, -0.15) is 13.2 Å². The highest BCUT2D eigenvalue weighted by atomic mass is 19.4. The molecule has 0 saturated carbocycles. The zero-order chi connectivity index (χ0) is 20.9. The number of H-pyrrole nitrogens is 1. The maximum absolute atomic E-state index is 13.2. The van der Waals surface area contributed by atoms with E-state index in [4.69, 9.17) is 4.74 Å². The van der Waals surface area contributed by atoms with Crippen molar-refractivity contribution in [1.82, 2.24) is 19.9 Å². The molecule has 3 atom stereocenters. The van der Waals surface area contributed by atoms with Gasteiger partial charge in [-0.3, -0.25) is 4.90 Å². The summed E-state index contributed by atoms with van der Waals surface area (Å²) in [5.74, 6) is 1.77. The monoisotopic (exact) mass is 417 g/mol. The van der Waals surface area contributed by atoms with Gasteiger partial charge in [0.25, 0.3) is 0 Å². The minimum Gasteiger partial charge on any atom is -0.491 e. The SMILES string of the molecule is C[C@@H]1CCN([C@H]2COc3ccccc3[C@@H]2Nc2ncnc3[nH]c(C(F)(F)F)cc23)C1. The molecular weight excluding hydrogens is 395 g/mol. The van der Waals surface area contributed by atoms with Crippen molar-refractivity contribution in [3.05, 3.63) is 47.9 Å². The summed E-state index contributed by atoms with van der Waals surface area (Å²) in [6, 6.07) is 8.72. The van der Waals surface area contributed by atoms with Crippen LogP contribution >= 0.6 is 0 Å². The first kappa shape index (κ1) is 19.2. The summed E-state index contributed by atoms with van der Waals surface area (Å²) in [4.78, 5) is 13.0. The molecule has 4 heterocycles. The number of nitrogens with zero attached hydrogens (tertiary/aromatic N) is 3. The molecule has 0 amide bonds. The normalized spacial score (nSPS) is 24.6. The molecule has 0 aliphatic carbocycles. The molecule has 2 aliphatic heterocycles. The number of benzene rings is 1. The van der Waals surface area contributed by atoms with Crippen molar-refractivity contribution in [3.63, 3.8) is 0 Å². The number of para-hydroxylation sites is 1. The fourth-order valence-electron chi connectivity index (χ4n) is 4.46. The van der Waals surface area contributed by atoms with E-state index in [1.54, 1.807) is 0 Å². The lowest BCUT2D eigenvalue weighted by Crippen LogP contribution is -2.47. The van der Waals surface area contributed by atoms with E-state index in [2.05, 4.69) is 32.1 Å². The van der Waals surface area contributed by atoms with Gasteiger partial charge >= 0.3 is 6.18 Å². The third-order valence-electron chi connectivity index (χ3n) is 6.00. The van der Waals surface area contributed by atoms with Gasteiger partial charge in [0.1, 0.15) is 35.8 Å². The average molecular weight is 417 g/mol. The number of aromatic nitrogens is 3. The van der Waals surface area contributed by atoms with E-state index in [0.29, 0.717) is 23.7 Å². The molecular formula is C21H22F3N5O. The highest BCUT2D eigenvalue weighted by Gasteiger charge is 2.38. The summed E-state index contributed by atoms with van der Waals surface area (Å²) < 4.78 is 45.6. The van der Waals surface area contributed by atoms with E-state index in [1.165, 1.54) is 6.33 Å². The number of alkyl halides is 3. The van der Waals surface area contributed by atoms with E-state index >= 15 is 0 Å². The molecule has 5 rings (SSSR count). The topological polar surface area (TPSA) is 66.1 Å². The summed E-state index contributed by atoms with van der Waals surface area (Å²) in [7, 11) is 0. The molecule has 30 heavy (non-hydrogen) atoms. The minimum absolute atomic E-state index is 0.0518. The second kappa shape index (κ2) is 7.16. The van der Waals surface area contributed by atoms with Crippen molar-refractivity contribution < 1.29 is 17.9 Å². The van der Waals surface area contributed by atoms with Crippen LogP contribution in [-0.2, 0) is 6.18 Å². The molecule has 0 unspecified atom stereocenters. The number of ether oxygens (including phenoxy) is 1. The fraction of sp³-hybridized carbons (Fsp3) is 0.429. The van der Waals surface area contributed by atoms with Gasteiger partial charge in [0, 0.05) is 12.1 Å². The summed E-state index contributed by atoms with van der Waals surface area (Å²) in [6.45, 7) is 4.68. The number of nitrogens with one attached hydrogen (secondary N) is 2. The number of likely N-dealkylation sites (tertiary alicyclic amines) is 1. The minimum atomic E-state index is -4.47. The second-order valence-electron chi connectivity index (χ2n) is 8.09. The number of aromatic amines is 1. The number of hydrogen-bond acceptors (Lipinski definition) is 5. The van der Waals surface area contributed by atoms with Gasteiger partial charge in [-0.25, -0.2) is 9.97 Å². The quantitative estimate of drug-likeness (QED) is 0.668. The van der Waals surface area contributed by atoms with Crippen molar-refractivity contribution in [2.75, 3.05) is 25.0 Å². The van der Waals surface area contributed by atoms with Gasteiger partial charge in [-0.15, -0.1) is 0 Å². The van der Waals surface area contributed by atoms with Gasteiger partial charge in [0.15, 0.2) is 0 Å². The molecule has 2 aromatic heterocycles. The summed E-state index contributed by atoms with van der Waals surface area (Å²) >= 11 is 0. The molecule has 2 N–H and O–H groups in total. The molecule has 158 valence electrons. The van der Waals surface area contributed by atoms with Crippen LogP contribution in [-0.4, -0.2) is 45.6 Å². The van der Waals surface area contributed by atoms with Crippen molar-refractivity contribution in [2.45, 2.75) is 31.6 Å². The fourth-order valence-corrected chi connectivity index (χ4v) is 4.46. The molecule has 2 aliphatic rings. The van der Waals surface area contributed by atoms with Crippen LogP contribution in [0.15, 0.2) is 36.7 Å². The first-order valence-corrected chi connectivity index (χ1v) is 10.0. The first-order valence-electron chi connectivity index (χ1n) is 10.0. The van der Waals surface area contributed by atoms with Crippen LogP contribution in [0.3, 0.4) is 0 Å². The summed E-state index contributed by atoms with van der Waals surface area (Å²) in [5.41, 5.74) is 0.302. The number of anilines is 1. The van der Waals surface area contributed by atoms with Gasteiger partial charge in [-0.1, -0.05) is 25.1 Å². The Labute approximate surface area is 171 Å². The third kappa shape index (κ3) is 3.36. The number of fused-ring (bicyclic) bond motifs is 2. The molecule has 6 nitrogen and oxygen atoms in total. The van der Waals surface area contributed by atoms with Crippen LogP contribution < -0.4 is 10.1 Å². The van der Waals surface area contributed by atoms with Crippen LogP contribution in [0.2, 0.25) is 0 Å². The van der Waals surface area contributed by atoms with Crippen LogP contribution in [0.4, 0.5) is 19.0 Å². The number of rotatable bonds is 3. The van der Waals surface area contributed by atoms with Crippen molar-refractivity contribution in [2.24, 2.45) is 5.92 Å². The molecule has 1 saturated heterocycles. The maximum Gasteiger partial charge on any atom is 0.431 e. The zero-order valence-electron chi connectivity index (χ0n) is 16.4. The number of hydrogen-bond donors (Lipinski definition) is 2. The molecule has 9 heteroatoms. The van der Waals surface area contributed by atoms with E-state index in [9.17, 15) is 13.2 Å². The van der Waals surface area contributed by atoms with Crippen LogP contribution in [0.25, 0.3) is 11.0 Å². The van der Waals surface area contributed by atoms with Crippen molar-refractivity contribution >= 4 is 16.9 Å². The van der Waals surface area contributed by atoms with Crippen LogP contribution in [0, 0.1) is 5.92 Å². The van der Waals surface area contributed by atoms with Gasteiger partial charge < -0.3 is 15.0 Å². The molecule has 1 fully saturated rings. The predicted octanol–water partition coefficient (Wildman–Crippen LogP) is 4.23. The standard InChI is InChI=1S/C21H22F3N5O/c1-12-6-7-29(9-12)15-10-30-16-5-3-2-4-13(16)18(15)28-20-14-8-17(21(22,23)24)27-19(14)25-11-26-20/h2-5,8,11-12,15,18H,6-7,9-10H2,1H3,(H2,25,26,27,28)/t12-,15+,18+/m1/s1. The van der Waals surface area contributed by atoms with E-state index in [0.717, 1.165) is 36.9 Å². The number of halogens is 3. The summed E-state index contributed by atoms with van der Waals surface area (Å²) in [5, 5.41) is 3.75. The van der Waals surface area contributed by atoms with Crippen LogP contribution in [0.5, 0.6) is 5.75 Å². The van der Waals surface area contributed by atoms with E-state index in [-0.39, 0.29) is 17.7 Å². The highest BCUT2D eigenvalue weighted by molar-refractivity contribution is 5.88. The molecule has 1 aromatic carbocycles. The Kier molecular flexibility index (Phi) is 4.57. The van der Waals surface area contributed by atoms with Gasteiger partial charge in [0.2, 0.25) is 0 Å². The second-order valence-corrected chi connectivity index (χ2v) is 8.09. The van der Waals surface area contributed by atoms with Gasteiger partial charge in [0.05, 0.1) is 17.5 Å². The first-order chi connectivity index (χ1) is 14.4. The Morgan fingerprint density at radius 3 is 2.83 bits per heavy atom. The Morgan fingerprint density at radius 2 is 2.07 bits per heavy atom. The van der Waals surface area contributed by atoms with Crippen molar-refractivity contribution in [3.8, 4) is 5.75 Å². The Hall–Kier alpha value is -2.81. The lowest BCUT2D eigenvalue weighted by molar-refractivity contribution is -0.140. The largest absolute Gasteiger partial charge is 0.491 e. The lowest BCUT2D eigenvalue weighted by atomic mass is 9.95. The molecule has 0 radical (unpaired) electrons. The third-order valence-corrected chi connectivity index (χ3v) is 6.00. The summed E-state index contributed by atoms with van der Waals surface area (Å²) in [6.07, 6.45) is -2.08. The van der Waals surface area contributed by atoms with Crippen molar-refractivity contribution in [1.29, 1.82) is 0 Å². The Morgan fingerprint density at radius 1 is 1.23 bits per heavy atom. The van der Waals surface area contributed by atoms with E-state index in [1.807, 2.05) is 24.3 Å². The highest BCUT2D eigenvalue weighted by Crippen LogP contribution is 2.39. The maximum atomic E-state index is 13.2. The molecule has 3 aromatic rings. The van der Waals surface area contributed by atoms with E-state index < -0.39 is 11.9 Å². The smallest absolute Gasteiger partial charge is 0.431 e. The Bertz CT molecular complexity index is 1070. The lowest BCUT2D eigenvalue weighted by Gasteiger charge is -2.39. The van der Waals surface area contributed by atoms with Crippen LogP contribution in [0.1, 0.15) is 30.6 Å². The zero-order valence-corrected chi connectivity index (χ0v) is 16.4. The predicted molar refractivity (Wildman–Crippen MR) is 106 cm³/mol. The molecule has 0 spiro atoms. The Balaban J connectivity index is 1.54.